The lowest BCUT2D eigenvalue weighted by atomic mass is 9.99. The lowest BCUT2D eigenvalue weighted by Gasteiger charge is -2.12. The van der Waals surface area contributed by atoms with E-state index in [1.807, 2.05) is 25.1 Å². The molecule has 3 aromatic rings. The van der Waals surface area contributed by atoms with Gasteiger partial charge in [-0.15, -0.1) is 5.10 Å². The SMILES string of the molecule is CN=C/C(=C\N)c1cc(-c2cc(NC(=O)c3cc(C(C)(F)F)cnn3)ccc2C)ccn1. The molecule has 2 aromatic heterocycles. The predicted octanol–water partition coefficient (Wildman–Crippen LogP) is 4.21. The Balaban J connectivity index is 1.91. The molecule has 1 amide bonds. The van der Waals surface area contributed by atoms with Crippen LogP contribution in [-0.2, 0) is 5.92 Å². The quantitative estimate of drug-likeness (QED) is 0.563. The van der Waals surface area contributed by atoms with Crippen molar-refractivity contribution in [1.29, 1.82) is 0 Å². The number of anilines is 1. The van der Waals surface area contributed by atoms with Gasteiger partial charge in [0.1, 0.15) is 0 Å². The van der Waals surface area contributed by atoms with Crippen molar-refractivity contribution in [3.05, 3.63) is 77.5 Å². The largest absolute Gasteiger partial charge is 0.404 e. The Morgan fingerprint density at radius 3 is 2.66 bits per heavy atom. The summed E-state index contributed by atoms with van der Waals surface area (Å²) in [5.41, 5.74) is 9.58. The molecule has 9 heteroatoms. The molecule has 0 atom stereocenters. The van der Waals surface area contributed by atoms with E-state index in [9.17, 15) is 13.6 Å². The van der Waals surface area contributed by atoms with Gasteiger partial charge in [0.25, 0.3) is 11.8 Å². The summed E-state index contributed by atoms with van der Waals surface area (Å²) in [5.74, 6) is -3.76. The van der Waals surface area contributed by atoms with Gasteiger partial charge in [-0.05, 0) is 53.9 Å². The number of carbonyl (C=O) groups is 1. The van der Waals surface area contributed by atoms with Gasteiger partial charge >= 0.3 is 0 Å². The summed E-state index contributed by atoms with van der Waals surface area (Å²) >= 11 is 0. The minimum atomic E-state index is -3.12. The molecule has 0 aliphatic heterocycles. The first-order valence-corrected chi connectivity index (χ1v) is 9.67. The zero-order valence-electron chi connectivity index (χ0n) is 17.8. The standard InChI is InChI=1S/C23H22F2N6O/c1-14-4-5-18(30-22(32)21-9-17(13-29-31-21)23(2,24)25)10-19(14)15-6-7-28-20(8-15)16(11-26)12-27-3/h4-13H,26H2,1-3H3,(H,30,32)/b16-11+,27-12?. The number of aromatic nitrogens is 3. The smallest absolute Gasteiger partial charge is 0.276 e. The molecule has 0 saturated carbocycles. The molecule has 0 radical (unpaired) electrons. The summed E-state index contributed by atoms with van der Waals surface area (Å²) in [5, 5.41) is 9.88. The number of aryl methyl sites for hydroxylation is 1. The maximum absolute atomic E-state index is 13.5. The molecule has 32 heavy (non-hydrogen) atoms. The first-order chi connectivity index (χ1) is 15.2. The van der Waals surface area contributed by atoms with Gasteiger partial charge in [0, 0.05) is 49.4 Å². The average molecular weight is 436 g/mol. The van der Waals surface area contributed by atoms with Crippen LogP contribution in [0.5, 0.6) is 0 Å². The third-order valence-corrected chi connectivity index (χ3v) is 4.70. The highest BCUT2D eigenvalue weighted by Gasteiger charge is 2.26. The number of nitrogens with zero attached hydrogens (tertiary/aromatic N) is 4. The van der Waals surface area contributed by atoms with Crippen molar-refractivity contribution < 1.29 is 13.6 Å². The number of hydrogen-bond donors (Lipinski definition) is 2. The van der Waals surface area contributed by atoms with Crippen molar-refractivity contribution in [2.24, 2.45) is 10.7 Å². The fourth-order valence-electron chi connectivity index (χ4n) is 3.01. The van der Waals surface area contributed by atoms with E-state index in [0.717, 1.165) is 35.9 Å². The lowest BCUT2D eigenvalue weighted by Crippen LogP contribution is -2.17. The maximum atomic E-state index is 13.5. The molecule has 0 bridgehead atoms. The molecule has 3 rings (SSSR count). The predicted molar refractivity (Wildman–Crippen MR) is 121 cm³/mol. The number of halogens is 2. The van der Waals surface area contributed by atoms with Crippen molar-refractivity contribution >= 4 is 23.4 Å². The van der Waals surface area contributed by atoms with Crippen molar-refractivity contribution in [2.45, 2.75) is 19.8 Å². The zero-order valence-corrected chi connectivity index (χ0v) is 17.8. The second-order valence-electron chi connectivity index (χ2n) is 7.14. The highest BCUT2D eigenvalue weighted by molar-refractivity contribution is 6.09. The first kappa shape index (κ1) is 22.7. The molecule has 0 spiro atoms. The van der Waals surface area contributed by atoms with Gasteiger partial charge in [0.05, 0.1) is 11.9 Å². The second kappa shape index (κ2) is 9.42. The fraction of sp³-hybridized carbons (Fsp3) is 0.174. The summed E-state index contributed by atoms with van der Waals surface area (Å²) < 4.78 is 27.1. The van der Waals surface area contributed by atoms with Gasteiger partial charge in [-0.1, -0.05) is 6.07 Å². The summed E-state index contributed by atoms with van der Waals surface area (Å²) in [6, 6.07) is 10.1. The number of hydrogen-bond acceptors (Lipinski definition) is 6. The molecule has 0 aliphatic rings. The van der Waals surface area contributed by atoms with E-state index in [1.54, 1.807) is 31.6 Å². The Bertz CT molecular complexity index is 1200. The van der Waals surface area contributed by atoms with E-state index >= 15 is 0 Å². The van der Waals surface area contributed by atoms with Gasteiger partial charge in [-0.25, -0.2) is 8.78 Å². The van der Waals surface area contributed by atoms with E-state index in [1.165, 1.54) is 6.20 Å². The second-order valence-corrected chi connectivity index (χ2v) is 7.14. The van der Waals surface area contributed by atoms with Gasteiger partial charge < -0.3 is 11.1 Å². The van der Waals surface area contributed by atoms with Gasteiger partial charge in [-0.2, -0.15) is 5.10 Å². The van der Waals surface area contributed by atoms with Gasteiger partial charge in [0.15, 0.2) is 5.69 Å². The molecule has 3 N–H and O–H groups in total. The highest BCUT2D eigenvalue weighted by atomic mass is 19.3. The van der Waals surface area contributed by atoms with Crippen LogP contribution in [0.25, 0.3) is 16.7 Å². The number of nitrogens with two attached hydrogens (primary N) is 1. The molecular formula is C23H22F2N6O. The monoisotopic (exact) mass is 436 g/mol. The maximum Gasteiger partial charge on any atom is 0.276 e. The summed E-state index contributed by atoms with van der Waals surface area (Å²) in [6.45, 7) is 2.67. The number of rotatable bonds is 6. The minimum Gasteiger partial charge on any atom is -0.404 e. The van der Waals surface area contributed by atoms with Crippen molar-refractivity contribution in [3.63, 3.8) is 0 Å². The van der Waals surface area contributed by atoms with E-state index in [0.29, 0.717) is 17.0 Å². The summed E-state index contributed by atoms with van der Waals surface area (Å²) in [7, 11) is 1.64. The molecule has 7 nitrogen and oxygen atoms in total. The third-order valence-electron chi connectivity index (χ3n) is 4.70. The Labute approximate surface area is 184 Å². The van der Waals surface area contributed by atoms with Crippen LogP contribution in [0.4, 0.5) is 14.5 Å². The normalized spacial score (nSPS) is 12.2. The van der Waals surface area contributed by atoms with Crippen LogP contribution in [0, 0.1) is 6.92 Å². The van der Waals surface area contributed by atoms with Crippen molar-refractivity contribution in [3.8, 4) is 11.1 Å². The molecule has 2 heterocycles. The molecular weight excluding hydrogens is 414 g/mol. The Kier molecular flexibility index (Phi) is 6.67. The zero-order chi connectivity index (χ0) is 23.3. The molecule has 0 fully saturated rings. The molecule has 164 valence electrons. The van der Waals surface area contributed by atoms with Crippen molar-refractivity contribution in [2.75, 3.05) is 12.4 Å². The van der Waals surface area contributed by atoms with Crippen LogP contribution in [0.3, 0.4) is 0 Å². The first-order valence-electron chi connectivity index (χ1n) is 9.67. The van der Waals surface area contributed by atoms with Crippen molar-refractivity contribution in [1.82, 2.24) is 15.2 Å². The summed E-state index contributed by atoms with van der Waals surface area (Å²) in [4.78, 5) is 20.9. The molecule has 0 saturated heterocycles. The van der Waals surface area contributed by atoms with E-state index < -0.39 is 11.8 Å². The Morgan fingerprint density at radius 2 is 1.97 bits per heavy atom. The molecule has 0 unspecified atom stereocenters. The number of nitrogens with one attached hydrogen (secondary N) is 1. The van der Waals surface area contributed by atoms with Crippen LogP contribution in [-0.4, -0.2) is 34.4 Å². The molecule has 0 aliphatic carbocycles. The number of amides is 1. The van der Waals surface area contributed by atoms with Gasteiger partial charge in [-0.3, -0.25) is 14.8 Å². The van der Waals surface area contributed by atoms with E-state index in [2.05, 4.69) is 25.5 Å². The third kappa shape index (κ3) is 5.18. The Hall–Kier alpha value is -4.01. The number of alkyl halides is 2. The molecule has 1 aromatic carbocycles. The lowest BCUT2D eigenvalue weighted by molar-refractivity contribution is 0.0169. The summed E-state index contributed by atoms with van der Waals surface area (Å²) in [6.07, 6.45) is 5.64. The Morgan fingerprint density at radius 1 is 1.19 bits per heavy atom. The van der Waals surface area contributed by atoms with Crippen LogP contribution >= 0.6 is 0 Å². The topological polar surface area (TPSA) is 106 Å². The van der Waals surface area contributed by atoms with Crippen LogP contribution < -0.4 is 11.1 Å². The highest BCUT2D eigenvalue weighted by Crippen LogP contribution is 2.29. The average Bonchev–Trinajstić information content (AvgIpc) is 2.78. The van der Waals surface area contributed by atoms with Crippen LogP contribution in [0.15, 0.2) is 60.0 Å². The van der Waals surface area contributed by atoms with Crippen LogP contribution in [0.1, 0.15) is 34.2 Å². The van der Waals surface area contributed by atoms with Gasteiger partial charge in [0.2, 0.25) is 0 Å². The van der Waals surface area contributed by atoms with E-state index in [-0.39, 0.29) is 11.3 Å². The minimum absolute atomic E-state index is 0.200. The number of pyridine rings is 1. The number of carbonyl (C=O) groups excluding carboxylic acids is 1. The number of allylic oxidation sites excluding steroid dienone is 1. The fourth-order valence-corrected chi connectivity index (χ4v) is 3.01. The number of benzene rings is 1. The van der Waals surface area contributed by atoms with E-state index in [4.69, 9.17) is 5.73 Å². The number of aliphatic imine (C=N–C) groups is 1. The van der Waals surface area contributed by atoms with Crippen LogP contribution in [0.2, 0.25) is 0 Å².